The van der Waals surface area contributed by atoms with E-state index in [0.29, 0.717) is 25.5 Å². The van der Waals surface area contributed by atoms with Gasteiger partial charge in [0.1, 0.15) is 6.10 Å². The summed E-state index contributed by atoms with van der Waals surface area (Å²) in [4.78, 5) is 11.4. The number of nitrogens with one attached hydrogen (secondary N) is 1. The SMILES string of the molecule is CC1CCOC1C(=O)NCCCO. The lowest BCUT2D eigenvalue weighted by Crippen LogP contribution is -2.37. The van der Waals surface area contributed by atoms with Gasteiger partial charge in [-0.1, -0.05) is 6.92 Å². The van der Waals surface area contributed by atoms with Crippen molar-refractivity contribution in [2.24, 2.45) is 5.92 Å². The number of rotatable bonds is 4. The lowest BCUT2D eigenvalue weighted by molar-refractivity contribution is -0.131. The van der Waals surface area contributed by atoms with Gasteiger partial charge in [-0.2, -0.15) is 0 Å². The summed E-state index contributed by atoms with van der Waals surface area (Å²) in [6, 6.07) is 0. The van der Waals surface area contributed by atoms with Gasteiger partial charge >= 0.3 is 0 Å². The summed E-state index contributed by atoms with van der Waals surface area (Å²) in [6.07, 6.45) is 1.28. The Labute approximate surface area is 78.3 Å². The lowest BCUT2D eigenvalue weighted by Gasteiger charge is -2.13. The van der Waals surface area contributed by atoms with Crippen LogP contribution in [0.2, 0.25) is 0 Å². The van der Waals surface area contributed by atoms with Crippen molar-refractivity contribution in [1.29, 1.82) is 0 Å². The first kappa shape index (κ1) is 10.5. The van der Waals surface area contributed by atoms with Crippen molar-refractivity contribution in [2.45, 2.75) is 25.9 Å². The minimum absolute atomic E-state index is 0.0431. The van der Waals surface area contributed by atoms with E-state index in [1.54, 1.807) is 0 Å². The average molecular weight is 187 g/mol. The Morgan fingerprint density at radius 3 is 3.00 bits per heavy atom. The third-order valence-corrected chi connectivity index (χ3v) is 2.28. The van der Waals surface area contributed by atoms with E-state index in [4.69, 9.17) is 9.84 Å². The minimum Gasteiger partial charge on any atom is -0.396 e. The topological polar surface area (TPSA) is 58.6 Å². The zero-order chi connectivity index (χ0) is 9.68. The molecule has 0 saturated carbocycles. The number of aliphatic hydroxyl groups is 1. The van der Waals surface area contributed by atoms with Gasteiger partial charge in [-0.15, -0.1) is 0 Å². The Balaban J connectivity index is 2.22. The second-order valence-electron chi connectivity index (χ2n) is 3.43. The Bertz CT molecular complexity index is 172. The molecule has 4 nitrogen and oxygen atoms in total. The van der Waals surface area contributed by atoms with Crippen LogP contribution in [0.15, 0.2) is 0 Å². The lowest BCUT2D eigenvalue weighted by atomic mass is 10.0. The molecule has 0 aromatic heterocycles. The maximum Gasteiger partial charge on any atom is 0.249 e. The summed E-state index contributed by atoms with van der Waals surface area (Å²) in [7, 11) is 0. The molecule has 0 aliphatic carbocycles. The first-order valence-electron chi connectivity index (χ1n) is 4.76. The van der Waals surface area contributed by atoms with Gasteiger partial charge < -0.3 is 15.2 Å². The first-order valence-corrected chi connectivity index (χ1v) is 4.76. The van der Waals surface area contributed by atoms with Crippen molar-refractivity contribution in [3.8, 4) is 0 Å². The molecular weight excluding hydrogens is 170 g/mol. The molecule has 1 fully saturated rings. The Morgan fingerprint density at radius 1 is 1.69 bits per heavy atom. The van der Waals surface area contributed by atoms with Crippen LogP contribution in [0.1, 0.15) is 19.8 Å². The van der Waals surface area contributed by atoms with Gasteiger partial charge in [-0.25, -0.2) is 0 Å². The third-order valence-electron chi connectivity index (χ3n) is 2.28. The summed E-state index contributed by atoms with van der Waals surface area (Å²) in [6.45, 7) is 3.34. The van der Waals surface area contributed by atoms with Gasteiger partial charge in [0.15, 0.2) is 0 Å². The second kappa shape index (κ2) is 5.19. The average Bonchev–Trinajstić information content (AvgIpc) is 2.52. The van der Waals surface area contributed by atoms with Crippen LogP contribution in [0.3, 0.4) is 0 Å². The molecule has 1 rings (SSSR count). The van der Waals surface area contributed by atoms with Crippen molar-refractivity contribution >= 4 is 5.91 Å². The fraction of sp³-hybridized carbons (Fsp3) is 0.889. The van der Waals surface area contributed by atoms with E-state index < -0.39 is 0 Å². The van der Waals surface area contributed by atoms with E-state index in [9.17, 15) is 4.79 Å². The summed E-state index contributed by atoms with van der Waals surface area (Å²) in [5, 5.41) is 11.2. The van der Waals surface area contributed by atoms with Crippen molar-refractivity contribution in [3.05, 3.63) is 0 Å². The molecule has 0 bridgehead atoms. The number of hydrogen-bond acceptors (Lipinski definition) is 3. The van der Waals surface area contributed by atoms with Crippen molar-refractivity contribution in [3.63, 3.8) is 0 Å². The Morgan fingerprint density at radius 2 is 2.46 bits per heavy atom. The minimum atomic E-state index is -0.279. The predicted octanol–water partition coefficient (Wildman–Crippen LogP) is -0.0900. The monoisotopic (exact) mass is 187 g/mol. The maximum atomic E-state index is 11.4. The Hall–Kier alpha value is -0.610. The molecule has 1 saturated heterocycles. The van der Waals surface area contributed by atoms with E-state index in [2.05, 4.69) is 5.32 Å². The molecule has 76 valence electrons. The van der Waals surface area contributed by atoms with Gasteiger partial charge in [0.05, 0.1) is 0 Å². The van der Waals surface area contributed by atoms with E-state index in [-0.39, 0.29) is 18.6 Å². The standard InChI is InChI=1S/C9H17NO3/c1-7-3-6-13-8(7)9(12)10-4-2-5-11/h7-8,11H,2-6H2,1H3,(H,10,12). The number of ether oxygens (including phenoxy) is 1. The highest BCUT2D eigenvalue weighted by atomic mass is 16.5. The molecule has 1 heterocycles. The fourth-order valence-corrected chi connectivity index (χ4v) is 1.42. The molecule has 0 radical (unpaired) electrons. The normalized spacial score (nSPS) is 27.5. The van der Waals surface area contributed by atoms with Crippen LogP contribution in [0, 0.1) is 5.92 Å². The zero-order valence-corrected chi connectivity index (χ0v) is 7.95. The highest BCUT2D eigenvalue weighted by Gasteiger charge is 2.30. The van der Waals surface area contributed by atoms with Gasteiger partial charge in [0.2, 0.25) is 5.91 Å². The van der Waals surface area contributed by atoms with Crippen LogP contribution < -0.4 is 5.32 Å². The van der Waals surface area contributed by atoms with Crippen LogP contribution >= 0.6 is 0 Å². The van der Waals surface area contributed by atoms with Crippen LogP contribution in [0.25, 0.3) is 0 Å². The van der Waals surface area contributed by atoms with E-state index >= 15 is 0 Å². The van der Waals surface area contributed by atoms with Crippen molar-refractivity contribution in [1.82, 2.24) is 5.32 Å². The molecular formula is C9H17NO3. The summed E-state index contributed by atoms with van der Waals surface area (Å²) in [5.41, 5.74) is 0. The number of hydrogen-bond donors (Lipinski definition) is 2. The van der Waals surface area contributed by atoms with E-state index in [1.165, 1.54) is 0 Å². The summed E-state index contributed by atoms with van der Waals surface area (Å²) >= 11 is 0. The number of amides is 1. The van der Waals surface area contributed by atoms with Crippen molar-refractivity contribution in [2.75, 3.05) is 19.8 Å². The van der Waals surface area contributed by atoms with Crippen molar-refractivity contribution < 1.29 is 14.6 Å². The Kier molecular flexibility index (Phi) is 4.18. The molecule has 0 spiro atoms. The predicted molar refractivity (Wildman–Crippen MR) is 48.2 cm³/mol. The second-order valence-corrected chi connectivity index (χ2v) is 3.43. The third kappa shape index (κ3) is 2.97. The molecule has 13 heavy (non-hydrogen) atoms. The highest BCUT2D eigenvalue weighted by molar-refractivity contribution is 5.81. The van der Waals surface area contributed by atoms with Gasteiger partial charge in [0.25, 0.3) is 0 Å². The maximum absolute atomic E-state index is 11.4. The summed E-state index contributed by atoms with van der Waals surface area (Å²) < 4.78 is 5.28. The van der Waals surface area contributed by atoms with Crippen LogP contribution in [0.4, 0.5) is 0 Å². The highest BCUT2D eigenvalue weighted by Crippen LogP contribution is 2.19. The molecule has 2 unspecified atom stereocenters. The van der Waals surface area contributed by atoms with E-state index in [1.807, 2.05) is 6.92 Å². The van der Waals surface area contributed by atoms with E-state index in [0.717, 1.165) is 6.42 Å². The number of aliphatic hydroxyl groups excluding tert-OH is 1. The number of carbonyl (C=O) groups is 1. The molecule has 1 aliphatic rings. The quantitative estimate of drug-likeness (QED) is 0.605. The molecule has 4 heteroatoms. The van der Waals surface area contributed by atoms with Gasteiger partial charge in [-0.05, 0) is 18.8 Å². The molecule has 2 N–H and O–H groups in total. The zero-order valence-electron chi connectivity index (χ0n) is 7.95. The smallest absolute Gasteiger partial charge is 0.249 e. The largest absolute Gasteiger partial charge is 0.396 e. The van der Waals surface area contributed by atoms with Crippen LogP contribution in [-0.4, -0.2) is 36.9 Å². The first-order chi connectivity index (χ1) is 6.25. The van der Waals surface area contributed by atoms with Gasteiger partial charge in [-0.3, -0.25) is 4.79 Å². The molecule has 0 aromatic rings. The van der Waals surface area contributed by atoms with Gasteiger partial charge in [0, 0.05) is 19.8 Å². The summed E-state index contributed by atoms with van der Waals surface area (Å²) in [5.74, 6) is 0.271. The molecule has 2 atom stereocenters. The number of carbonyl (C=O) groups excluding carboxylic acids is 1. The molecule has 0 aromatic carbocycles. The van der Waals surface area contributed by atoms with Crippen LogP contribution in [0.5, 0.6) is 0 Å². The molecule has 1 amide bonds. The van der Waals surface area contributed by atoms with Crippen LogP contribution in [-0.2, 0) is 9.53 Å². The molecule has 1 aliphatic heterocycles. The fourth-order valence-electron chi connectivity index (χ4n) is 1.42.